The van der Waals surface area contributed by atoms with Gasteiger partial charge in [-0.1, -0.05) is 24.3 Å². The number of rotatable bonds is 2. The summed E-state index contributed by atoms with van der Waals surface area (Å²) in [4.78, 5) is 7.37. The molecular formula is C22H26N2. The minimum atomic E-state index is 0.551. The maximum atomic E-state index is 4.61. The van der Waals surface area contributed by atoms with Crippen molar-refractivity contribution in [2.75, 3.05) is 6.54 Å². The van der Waals surface area contributed by atoms with Crippen molar-refractivity contribution in [3.8, 4) is 0 Å². The van der Waals surface area contributed by atoms with E-state index < -0.39 is 0 Å². The van der Waals surface area contributed by atoms with Gasteiger partial charge in [0.25, 0.3) is 0 Å². The van der Waals surface area contributed by atoms with Gasteiger partial charge in [0.1, 0.15) is 0 Å². The summed E-state index contributed by atoms with van der Waals surface area (Å²) in [5.74, 6) is 2.01. The van der Waals surface area contributed by atoms with Crippen molar-refractivity contribution in [3.63, 3.8) is 0 Å². The van der Waals surface area contributed by atoms with Crippen LogP contribution in [-0.4, -0.2) is 23.7 Å². The lowest BCUT2D eigenvalue weighted by Crippen LogP contribution is -2.34. The molecule has 2 unspecified atom stereocenters. The second-order valence-electron chi connectivity index (χ2n) is 7.80. The topological polar surface area (TPSA) is 15.6 Å². The van der Waals surface area contributed by atoms with Crippen molar-refractivity contribution >= 4 is 6.21 Å². The van der Waals surface area contributed by atoms with Crippen molar-refractivity contribution in [1.82, 2.24) is 4.90 Å². The maximum Gasteiger partial charge on any atom is 0.0585 e. The van der Waals surface area contributed by atoms with Crippen LogP contribution < -0.4 is 0 Å². The molecule has 2 aliphatic carbocycles. The van der Waals surface area contributed by atoms with Crippen molar-refractivity contribution in [3.05, 3.63) is 59.5 Å². The highest BCUT2D eigenvalue weighted by Gasteiger charge is 2.49. The molecule has 0 bridgehead atoms. The van der Waals surface area contributed by atoms with E-state index in [-0.39, 0.29) is 0 Å². The summed E-state index contributed by atoms with van der Waals surface area (Å²) in [6.45, 7) is 5.00. The molecule has 3 aliphatic heterocycles. The molecule has 2 heteroatoms. The summed E-state index contributed by atoms with van der Waals surface area (Å²) in [5.41, 5.74) is 6.48. The third kappa shape index (κ3) is 1.98. The highest BCUT2D eigenvalue weighted by atomic mass is 15.2. The molecule has 0 radical (unpaired) electrons. The highest BCUT2D eigenvalue weighted by molar-refractivity contribution is 5.74. The second-order valence-corrected chi connectivity index (χ2v) is 7.80. The fourth-order valence-corrected chi connectivity index (χ4v) is 5.66. The summed E-state index contributed by atoms with van der Waals surface area (Å²) < 4.78 is 0. The Bertz CT molecular complexity index is 718. The molecule has 3 heterocycles. The van der Waals surface area contributed by atoms with Crippen LogP contribution in [0.1, 0.15) is 38.5 Å². The summed E-state index contributed by atoms with van der Waals surface area (Å²) in [5, 5.41) is 0. The molecule has 5 rings (SSSR count). The molecule has 0 N–H and O–H groups in total. The third-order valence-corrected chi connectivity index (χ3v) is 6.68. The first kappa shape index (κ1) is 14.5. The average molecular weight is 318 g/mol. The fourth-order valence-electron chi connectivity index (χ4n) is 5.66. The molecular weight excluding hydrogens is 292 g/mol. The van der Waals surface area contributed by atoms with Crippen LogP contribution in [-0.2, 0) is 0 Å². The summed E-state index contributed by atoms with van der Waals surface area (Å²) in [6, 6.07) is 0.551. The average Bonchev–Trinajstić information content (AvgIpc) is 2.85. The van der Waals surface area contributed by atoms with Crippen LogP contribution in [0.5, 0.6) is 0 Å². The van der Waals surface area contributed by atoms with Gasteiger partial charge in [-0.3, -0.25) is 4.99 Å². The first-order chi connectivity index (χ1) is 11.9. The lowest BCUT2D eigenvalue weighted by Gasteiger charge is -2.37. The Morgan fingerprint density at radius 1 is 1.25 bits per heavy atom. The van der Waals surface area contributed by atoms with Gasteiger partial charge < -0.3 is 4.90 Å². The predicted octanol–water partition coefficient (Wildman–Crippen LogP) is 4.79. The van der Waals surface area contributed by atoms with E-state index >= 15 is 0 Å². The van der Waals surface area contributed by atoms with Crippen molar-refractivity contribution in [2.24, 2.45) is 22.7 Å². The molecule has 124 valence electrons. The van der Waals surface area contributed by atoms with E-state index in [2.05, 4.69) is 46.9 Å². The quantitative estimate of drug-likeness (QED) is 0.668. The molecule has 0 aromatic heterocycles. The number of hydrogen-bond donors (Lipinski definition) is 0. The second kappa shape index (κ2) is 5.61. The Morgan fingerprint density at radius 3 is 3.12 bits per heavy atom. The molecule has 0 aromatic rings. The van der Waals surface area contributed by atoms with Gasteiger partial charge in [-0.2, -0.15) is 0 Å². The number of fused-ring (bicyclic) bond motifs is 5. The van der Waals surface area contributed by atoms with E-state index in [1.165, 1.54) is 31.3 Å². The molecule has 2 nitrogen and oxygen atoms in total. The number of nitrogens with zero attached hydrogens (tertiary/aromatic N) is 2. The molecule has 4 atom stereocenters. The monoisotopic (exact) mass is 318 g/mol. The molecule has 0 saturated carbocycles. The van der Waals surface area contributed by atoms with Gasteiger partial charge in [0.05, 0.1) is 6.04 Å². The Morgan fingerprint density at radius 2 is 2.21 bits per heavy atom. The number of allylic oxidation sites excluding steroid dienone is 6. The molecule has 1 saturated heterocycles. The SMILES string of the molecule is C=CCC1CC[C@H]2C3=C1CC=C1C=CCCC1N3C1=CC=NC[C@@H]12. The van der Waals surface area contributed by atoms with E-state index in [0.29, 0.717) is 23.8 Å². The molecule has 24 heavy (non-hydrogen) atoms. The lowest BCUT2D eigenvalue weighted by molar-refractivity contribution is 0.319. The lowest BCUT2D eigenvalue weighted by atomic mass is 9.74. The first-order valence-corrected chi connectivity index (χ1v) is 9.58. The van der Waals surface area contributed by atoms with Crippen LogP contribution in [0.3, 0.4) is 0 Å². The molecule has 0 amide bonds. The van der Waals surface area contributed by atoms with Crippen LogP contribution in [0.15, 0.2) is 64.5 Å². The smallest absolute Gasteiger partial charge is 0.0585 e. The van der Waals surface area contributed by atoms with Gasteiger partial charge in [0, 0.05) is 36.0 Å². The first-order valence-electron chi connectivity index (χ1n) is 9.58. The van der Waals surface area contributed by atoms with Gasteiger partial charge in [-0.25, -0.2) is 0 Å². The number of aliphatic imine (C=N–C) groups is 1. The maximum absolute atomic E-state index is 4.61. The van der Waals surface area contributed by atoms with Gasteiger partial charge >= 0.3 is 0 Å². The van der Waals surface area contributed by atoms with Crippen molar-refractivity contribution in [1.29, 1.82) is 0 Å². The Hall–Kier alpha value is -1.83. The van der Waals surface area contributed by atoms with Crippen LogP contribution in [0.25, 0.3) is 0 Å². The zero-order valence-electron chi connectivity index (χ0n) is 14.3. The zero-order valence-corrected chi connectivity index (χ0v) is 14.3. The van der Waals surface area contributed by atoms with Gasteiger partial charge in [0.15, 0.2) is 0 Å². The molecule has 1 fully saturated rings. The Kier molecular flexibility index (Phi) is 3.39. The van der Waals surface area contributed by atoms with E-state index in [0.717, 1.165) is 19.4 Å². The van der Waals surface area contributed by atoms with Crippen molar-refractivity contribution in [2.45, 2.75) is 44.6 Å². The largest absolute Gasteiger partial charge is 0.341 e. The standard InChI is InChI=1S/C22H26N2/c1-2-5-15-8-11-18-19-14-23-13-12-21(19)24-20-7-4-3-6-16(20)9-10-17(15)22(18)24/h2-3,6,9,12-13,15,18-20H,1,4-5,7-8,10-11,14H2/t15?,18-,19-,20?/m1/s1. The Labute approximate surface area is 145 Å². The minimum absolute atomic E-state index is 0.551. The van der Waals surface area contributed by atoms with E-state index in [9.17, 15) is 0 Å². The van der Waals surface area contributed by atoms with Crippen LogP contribution in [0, 0.1) is 17.8 Å². The van der Waals surface area contributed by atoms with E-state index in [1.54, 1.807) is 17.0 Å². The summed E-state index contributed by atoms with van der Waals surface area (Å²) in [6.07, 6.45) is 21.1. The normalized spacial score (nSPS) is 36.4. The predicted molar refractivity (Wildman–Crippen MR) is 99.7 cm³/mol. The van der Waals surface area contributed by atoms with Gasteiger partial charge in [-0.15, -0.1) is 6.58 Å². The van der Waals surface area contributed by atoms with E-state index in [4.69, 9.17) is 0 Å². The van der Waals surface area contributed by atoms with Gasteiger partial charge in [-0.05, 0) is 61.7 Å². The van der Waals surface area contributed by atoms with Crippen molar-refractivity contribution < 1.29 is 0 Å². The number of dihydropyridines is 1. The highest BCUT2D eigenvalue weighted by Crippen LogP contribution is 2.55. The number of hydrogen-bond acceptors (Lipinski definition) is 2. The third-order valence-electron chi connectivity index (χ3n) is 6.68. The fraction of sp³-hybridized carbons (Fsp3) is 0.500. The van der Waals surface area contributed by atoms with Crippen LogP contribution in [0.2, 0.25) is 0 Å². The minimum Gasteiger partial charge on any atom is -0.341 e. The summed E-state index contributed by atoms with van der Waals surface area (Å²) >= 11 is 0. The zero-order chi connectivity index (χ0) is 16.1. The molecule has 5 aliphatic rings. The van der Waals surface area contributed by atoms with E-state index in [1.807, 2.05) is 6.21 Å². The summed E-state index contributed by atoms with van der Waals surface area (Å²) in [7, 11) is 0. The van der Waals surface area contributed by atoms with Crippen LogP contribution in [0.4, 0.5) is 0 Å². The van der Waals surface area contributed by atoms with Crippen LogP contribution >= 0.6 is 0 Å². The van der Waals surface area contributed by atoms with Gasteiger partial charge in [0.2, 0.25) is 0 Å². The molecule has 0 spiro atoms. The molecule has 0 aromatic carbocycles. The Balaban J connectivity index is 1.68.